The third-order valence-electron chi connectivity index (χ3n) is 6.22. The molecule has 5 rings (SSSR count). The predicted molar refractivity (Wildman–Crippen MR) is 120 cm³/mol. The fraction of sp³-hybridized carbons (Fsp3) is 0.208. The molecule has 1 atom stereocenters. The lowest BCUT2D eigenvalue weighted by molar-refractivity contribution is -0.126. The van der Waals surface area contributed by atoms with Crippen molar-refractivity contribution in [3.63, 3.8) is 0 Å². The van der Waals surface area contributed by atoms with Crippen molar-refractivity contribution < 1.29 is 9.59 Å². The van der Waals surface area contributed by atoms with Crippen LogP contribution in [0.4, 0.5) is 11.5 Å². The summed E-state index contributed by atoms with van der Waals surface area (Å²) in [5, 5.41) is 7.89. The summed E-state index contributed by atoms with van der Waals surface area (Å²) < 4.78 is 1.66. The molecule has 2 aliphatic heterocycles. The van der Waals surface area contributed by atoms with Crippen LogP contribution in [0.2, 0.25) is 5.02 Å². The molecule has 3 heterocycles. The molecule has 0 fully saturated rings. The second-order valence-electron chi connectivity index (χ2n) is 7.95. The topological polar surface area (TPSA) is 67.2 Å². The number of terminal acetylenes is 1. The Morgan fingerprint density at radius 2 is 2.03 bits per heavy atom. The van der Waals surface area contributed by atoms with E-state index in [1.165, 1.54) is 4.90 Å². The van der Waals surface area contributed by atoms with Crippen molar-refractivity contribution >= 4 is 34.9 Å². The van der Waals surface area contributed by atoms with Crippen molar-refractivity contribution in [1.29, 1.82) is 0 Å². The molecule has 154 valence electrons. The fourth-order valence-corrected chi connectivity index (χ4v) is 4.95. The monoisotopic (exact) mass is 430 g/mol. The van der Waals surface area contributed by atoms with Gasteiger partial charge in [-0.1, -0.05) is 29.7 Å². The average Bonchev–Trinajstić information content (AvgIpc) is 3.25. The van der Waals surface area contributed by atoms with Gasteiger partial charge >= 0.3 is 0 Å². The van der Waals surface area contributed by atoms with Crippen LogP contribution in [0, 0.1) is 26.2 Å². The molecular weight excluding hydrogens is 412 g/mol. The number of aromatic nitrogens is 2. The maximum atomic E-state index is 13.8. The smallest absolute Gasteiger partial charge is 0.243 e. The first-order valence-corrected chi connectivity index (χ1v) is 10.3. The van der Waals surface area contributed by atoms with Crippen LogP contribution in [0.3, 0.4) is 0 Å². The van der Waals surface area contributed by atoms with Crippen LogP contribution in [-0.2, 0) is 15.0 Å². The van der Waals surface area contributed by atoms with Gasteiger partial charge in [0.15, 0.2) is 0 Å². The SMILES string of the molecule is C#CCN1C(=O)[C@]2(CC(=O)Nc3c2cnn3-c2ccc(C)c(C)c2)c2c(Cl)cccc21. The highest BCUT2D eigenvalue weighted by molar-refractivity contribution is 6.34. The summed E-state index contributed by atoms with van der Waals surface area (Å²) in [6.45, 7) is 4.14. The Labute approximate surface area is 184 Å². The molecule has 7 heteroatoms. The van der Waals surface area contributed by atoms with Crippen molar-refractivity contribution in [2.45, 2.75) is 25.7 Å². The summed E-state index contributed by atoms with van der Waals surface area (Å²) in [7, 11) is 0. The lowest BCUT2D eigenvalue weighted by atomic mass is 9.71. The highest BCUT2D eigenvalue weighted by Gasteiger charge is 2.58. The summed E-state index contributed by atoms with van der Waals surface area (Å²) in [6.07, 6.45) is 7.13. The minimum atomic E-state index is -1.26. The summed E-state index contributed by atoms with van der Waals surface area (Å²) in [5.74, 6) is 2.48. The zero-order valence-electron chi connectivity index (χ0n) is 17.1. The van der Waals surface area contributed by atoms with E-state index in [2.05, 4.69) is 16.3 Å². The molecule has 0 radical (unpaired) electrons. The fourth-order valence-electron chi connectivity index (χ4n) is 4.62. The van der Waals surface area contributed by atoms with Gasteiger partial charge in [-0.05, 0) is 49.2 Å². The van der Waals surface area contributed by atoms with Gasteiger partial charge in [0, 0.05) is 22.6 Å². The Morgan fingerprint density at radius 1 is 1.23 bits per heavy atom. The van der Waals surface area contributed by atoms with E-state index in [1.54, 1.807) is 23.0 Å². The van der Waals surface area contributed by atoms with Gasteiger partial charge in [0.2, 0.25) is 11.8 Å². The van der Waals surface area contributed by atoms with Gasteiger partial charge in [0.05, 0.1) is 24.1 Å². The first kappa shape index (κ1) is 19.4. The predicted octanol–water partition coefficient (Wildman–Crippen LogP) is 3.75. The van der Waals surface area contributed by atoms with E-state index in [0.29, 0.717) is 27.7 Å². The summed E-state index contributed by atoms with van der Waals surface area (Å²) in [5.41, 5.74) is 3.64. The van der Waals surface area contributed by atoms with Crippen molar-refractivity contribution in [3.8, 4) is 18.0 Å². The van der Waals surface area contributed by atoms with E-state index in [-0.39, 0.29) is 24.8 Å². The lowest BCUT2D eigenvalue weighted by Crippen LogP contribution is -2.46. The molecule has 0 saturated carbocycles. The molecule has 2 aromatic carbocycles. The Bertz CT molecular complexity index is 1320. The average molecular weight is 431 g/mol. The van der Waals surface area contributed by atoms with Crippen molar-refractivity contribution in [2.75, 3.05) is 16.8 Å². The van der Waals surface area contributed by atoms with Crippen LogP contribution in [0.1, 0.15) is 28.7 Å². The highest BCUT2D eigenvalue weighted by Crippen LogP contribution is 2.54. The van der Waals surface area contributed by atoms with E-state index >= 15 is 0 Å². The van der Waals surface area contributed by atoms with Gasteiger partial charge in [-0.15, -0.1) is 6.42 Å². The standard InChI is InChI=1S/C24H19ClN4O2/c1-4-10-28-19-7-5-6-18(25)21(19)24(23(28)31)12-20(30)27-22-17(24)13-26-29(22)16-9-8-14(2)15(3)11-16/h1,5-9,11,13H,10,12H2,2-3H3,(H,27,30)/t24-/m0/s1. The Kier molecular flexibility index (Phi) is 4.21. The van der Waals surface area contributed by atoms with Gasteiger partial charge in [-0.2, -0.15) is 5.10 Å². The quantitative estimate of drug-likeness (QED) is 0.629. The van der Waals surface area contributed by atoms with Crippen LogP contribution >= 0.6 is 11.6 Å². The first-order valence-electron chi connectivity index (χ1n) is 9.89. The van der Waals surface area contributed by atoms with Gasteiger partial charge in [-0.3, -0.25) is 14.5 Å². The van der Waals surface area contributed by atoms with Crippen LogP contribution in [0.25, 0.3) is 5.69 Å². The zero-order valence-corrected chi connectivity index (χ0v) is 17.8. The molecule has 1 N–H and O–H groups in total. The van der Waals surface area contributed by atoms with Crippen molar-refractivity contribution in [1.82, 2.24) is 9.78 Å². The van der Waals surface area contributed by atoms with Gasteiger partial charge in [0.25, 0.3) is 0 Å². The largest absolute Gasteiger partial charge is 0.310 e. The van der Waals surface area contributed by atoms with E-state index in [4.69, 9.17) is 18.0 Å². The van der Waals surface area contributed by atoms with E-state index < -0.39 is 5.41 Å². The minimum absolute atomic E-state index is 0.0603. The van der Waals surface area contributed by atoms with Crippen LogP contribution in [-0.4, -0.2) is 28.1 Å². The molecule has 1 spiro atoms. The second-order valence-corrected chi connectivity index (χ2v) is 8.35. The Morgan fingerprint density at radius 3 is 2.77 bits per heavy atom. The maximum Gasteiger partial charge on any atom is 0.243 e. The molecule has 6 nitrogen and oxygen atoms in total. The number of nitrogens with one attached hydrogen (secondary N) is 1. The second kappa shape index (κ2) is 6.73. The number of hydrogen-bond acceptors (Lipinski definition) is 3. The number of aryl methyl sites for hydroxylation is 2. The number of rotatable bonds is 2. The number of benzene rings is 2. The molecule has 1 aromatic heterocycles. The third-order valence-corrected chi connectivity index (χ3v) is 6.53. The van der Waals surface area contributed by atoms with Crippen LogP contribution < -0.4 is 10.2 Å². The molecule has 2 amide bonds. The molecule has 31 heavy (non-hydrogen) atoms. The van der Waals surface area contributed by atoms with Crippen LogP contribution in [0.15, 0.2) is 42.6 Å². The summed E-state index contributed by atoms with van der Waals surface area (Å²) in [6, 6.07) is 11.3. The van der Waals surface area contributed by atoms with E-state index in [9.17, 15) is 9.59 Å². The number of hydrogen-bond donors (Lipinski definition) is 1. The number of anilines is 2. The molecule has 0 aliphatic carbocycles. The molecule has 2 aliphatic rings. The Balaban J connectivity index is 1.78. The van der Waals surface area contributed by atoms with E-state index in [1.807, 2.05) is 38.1 Å². The molecule has 0 bridgehead atoms. The number of fused-ring (bicyclic) bond motifs is 4. The lowest BCUT2D eigenvalue weighted by Gasteiger charge is -2.32. The number of carbonyl (C=O) groups is 2. The normalized spacial score (nSPS) is 19.2. The van der Waals surface area contributed by atoms with Crippen LogP contribution in [0.5, 0.6) is 0 Å². The number of nitrogens with zero attached hydrogens (tertiary/aromatic N) is 3. The molecule has 0 saturated heterocycles. The zero-order chi connectivity index (χ0) is 21.9. The third kappa shape index (κ3) is 2.57. The van der Waals surface area contributed by atoms with Gasteiger partial charge < -0.3 is 5.32 Å². The van der Waals surface area contributed by atoms with Gasteiger partial charge in [0.1, 0.15) is 11.2 Å². The molecular formula is C24H19ClN4O2. The van der Waals surface area contributed by atoms with E-state index in [0.717, 1.165) is 16.8 Å². The number of carbonyl (C=O) groups excluding carboxylic acids is 2. The maximum absolute atomic E-state index is 13.8. The summed E-state index contributed by atoms with van der Waals surface area (Å²) in [4.78, 5) is 28.2. The highest BCUT2D eigenvalue weighted by atomic mass is 35.5. The number of halogens is 1. The number of amides is 2. The van der Waals surface area contributed by atoms with Crippen molar-refractivity contribution in [2.24, 2.45) is 0 Å². The van der Waals surface area contributed by atoms with Crippen molar-refractivity contribution in [3.05, 3.63) is 69.9 Å². The van der Waals surface area contributed by atoms with Gasteiger partial charge in [-0.25, -0.2) is 4.68 Å². The molecule has 3 aromatic rings. The molecule has 0 unspecified atom stereocenters. The summed E-state index contributed by atoms with van der Waals surface area (Å²) >= 11 is 6.61. The Hall–Kier alpha value is -3.56. The first-order chi connectivity index (χ1) is 14.9. The minimum Gasteiger partial charge on any atom is -0.310 e.